The molecule has 1 saturated heterocycles. The molecule has 0 aromatic heterocycles. The van der Waals surface area contributed by atoms with Gasteiger partial charge in [-0.05, 0) is 17.7 Å². The van der Waals surface area contributed by atoms with Crippen LogP contribution in [0.25, 0.3) is 0 Å². The molecule has 2 aromatic carbocycles. The van der Waals surface area contributed by atoms with E-state index in [1.807, 2.05) is 48.5 Å². The molecular formula is C20H25ClN2O2. The lowest BCUT2D eigenvalue weighted by Crippen LogP contribution is -2.49. The molecule has 25 heavy (non-hydrogen) atoms. The fourth-order valence-corrected chi connectivity index (χ4v) is 3.37. The molecule has 0 spiro atoms. The van der Waals surface area contributed by atoms with E-state index in [1.165, 1.54) is 0 Å². The molecule has 1 N–H and O–H groups in total. The van der Waals surface area contributed by atoms with Gasteiger partial charge in [-0.25, -0.2) is 0 Å². The highest BCUT2D eigenvalue weighted by Crippen LogP contribution is 2.25. The largest absolute Gasteiger partial charge is 0.389 e. The summed E-state index contributed by atoms with van der Waals surface area (Å²) in [5.41, 5.74) is 2.22. The number of anilines is 1. The summed E-state index contributed by atoms with van der Waals surface area (Å²) in [7, 11) is 0. The van der Waals surface area contributed by atoms with Gasteiger partial charge in [0.1, 0.15) is 0 Å². The smallest absolute Gasteiger partial charge is 0.0900 e. The van der Waals surface area contributed by atoms with Crippen molar-refractivity contribution in [3.8, 4) is 0 Å². The van der Waals surface area contributed by atoms with Crippen LogP contribution in [0.2, 0.25) is 5.02 Å². The second-order valence-electron chi connectivity index (χ2n) is 6.39. The quantitative estimate of drug-likeness (QED) is 0.823. The molecule has 1 fully saturated rings. The van der Waals surface area contributed by atoms with Crippen LogP contribution in [0.5, 0.6) is 0 Å². The lowest BCUT2D eigenvalue weighted by molar-refractivity contribution is 0.00914. The van der Waals surface area contributed by atoms with E-state index in [-0.39, 0.29) is 0 Å². The maximum Gasteiger partial charge on any atom is 0.0900 e. The maximum atomic E-state index is 10.2. The van der Waals surface area contributed by atoms with Gasteiger partial charge < -0.3 is 14.7 Å². The van der Waals surface area contributed by atoms with E-state index in [4.69, 9.17) is 16.3 Å². The summed E-state index contributed by atoms with van der Waals surface area (Å²) in [5.74, 6) is 0. The Balaban J connectivity index is 1.38. The average Bonchev–Trinajstić information content (AvgIpc) is 2.64. The number of rotatable bonds is 7. The van der Waals surface area contributed by atoms with Crippen molar-refractivity contribution in [3.63, 3.8) is 0 Å². The highest BCUT2D eigenvalue weighted by atomic mass is 35.5. The fraction of sp³-hybridized carbons (Fsp3) is 0.400. The first-order valence-electron chi connectivity index (χ1n) is 8.74. The van der Waals surface area contributed by atoms with Gasteiger partial charge in [0.25, 0.3) is 0 Å². The molecule has 5 heteroatoms. The van der Waals surface area contributed by atoms with Crippen LogP contribution in [0.4, 0.5) is 5.69 Å². The van der Waals surface area contributed by atoms with Gasteiger partial charge in [0, 0.05) is 32.7 Å². The predicted molar refractivity (Wildman–Crippen MR) is 102 cm³/mol. The Hall–Kier alpha value is -1.59. The Morgan fingerprint density at radius 2 is 1.64 bits per heavy atom. The number of hydrogen-bond donors (Lipinski definition) is 1. The van der Waals surface area contributed by atoms with Crippen molar-refractivity contribution in [2.24, 2.45) is 0 Å². The van der Waals surface area contributed by atoms with E-state index in [9.17, 15) is 5.11 Å². The third-order valence-corrected chi connectivity index (χ3v) is 4.78. The number of β-amino-alcohol motifs (C(OH)–C–C–N with tert-alkyl or cyclic N) is 1. The van der Waals surface area contributed by atoms with Gasteiger partial charge in [0.15, 0.2) is 0 Å². The van der Waals surface area contributed by atoms with Crippen molar-refractivity contribution >= 4 is 17.3 Å². The van der Waals surface area contributed by atoms with E-state index >= 15 is 0 Å². The van der Waals surface area contributed by atoms with Crippen molar-refractivity contribution in [3.05, 3.63) is 65.2 Å². The van der Waals surface area contributed by atoms with Crippen molar-refractivity contribution in [2.75, 3.05) is 44.2 Å². The number of benzene rings is 2. The van der Waals surface area contributed by atoms with Crippen LogP contribution in [0.1, 0.15) is 5.56 Å². The molecule has 0 aliphatic carbocycles. The van der Waals surface area contributed by atoms with Gasteiger partial charge in [-0.15, -0.1) is 0 Å². The normalized spacial score (nSPS) is 16.8. The summed E-state index contributed by atoms with van der Waals surface area (Å²) in [6, 6.07) is 18.0. The van der Waals surface area contributed by atoms with Crippen LogP contribution in [-0.2, 0) is 11.3 Å². The zero-order valence-corrected chi connectivity index (χ0v) is 15.1. The van der Waals surface area contributed by atoms with Gasteiger partial charge in [-0.1, -0.05) is 54.1 Å². The summed E-state index contributed by atoms with van der Waals surface area (Å²) < 4.78 is 5.62. The molecule has 134 valence electrons. The van der Waals surface area contributed by atoms with Crippen LogP contribution in [-0.4, -0.2) is 55.4 Å². The fourth-order valence-electron chi connectivity index (χ4n) is 3.12. The van der Waals surface area contributed by atoms with E-state index in [1.54, 1.807) is 0 Å². The molecule has 0 amide bonds. The zero-order chi connectivity index (χ0) is 17.5. The van der Waals surface area contributed by atoms with E-state index in [0.717, 1.165) is 42.5 Å². The Bertz CT molecular complexity index is 645. The Kier molecular flexibility index (Phi) is 6.70. The van der Waals surface area contributed by atoms with E-state index in [2.05, 4.69) is 15.9 Å². The molecule has 1 heterocycles. The van der Waals surface area contributed by atoms with Gasteiger partial charge in [0.05, 0.1) is 30.0 Å². The minimum atomic E-state index is -0.462. The summed E-state index contributed by atoms with van der Waals surface area (Å²) >= 11 is 6.27. The van der Waals surface area contributed by atoms with Crippen molar-refractivity contribution < 1.29 is 9.84 Å². The first-order valence-corrected chi connectivity index (χ1v) is 9.12. The van der Waals surface area contributed by atoms with Crippen LogP contribution in [0.15, 0.2) is 54.6 Å². The molecule has 0 radical (unpaired) electrons. The second-order valence-corrected chi connectivity index (χ2v) is 6.80. The molecule has 1 aliphatic heterocycles. The molecule has 4 nitrogen and oxygen atoms in total. The molecule has 0 saturated carbocycles. The van der Waals surface area contributed by atoms with Crippen molar-refractivity contribution in [2.45, 2.75) is 12.7 Å². The Morgan fingerprint density at radius 3 is 2.36 bits per heavy atom. The summed E-state index contributed by atoms with van der Waals surface area (Å²) in [5, 5.41) is 11.0. The van der Waals surface area contributed by atoms with Crippen LogP contribution in [0.3, 0.4) is 0 Å². The predicted octanol–water partition coefficient (Wildman–Crippen LogP) is 3.04. The lowest BCUT2D eigenvalue weighted by Gasteiger charge is -2.37. The molecule has 1 aliphatic rings. The number of ether oxygens (including phenoxy) is 1. The number of aliphatic hydroxyl groups is 1. The average molecular weight is 361 g/mol. The van der Waals surface area contributed by atoms with Gasteiger partial charge in [-0.2, -0.15) is 0 Å². The highest BCUT2D eigenvalue weighted by molar-refractivity contribution is 6.33. The van der Waals surface area contributed by atoms with Crippen molar-refractivity contribution in [1.82, 2.24) is 4.90 Å². The Labute approximate surface area is 154 Å². The van der Waals surface area contributed by atoms with E-state index in [0.29, 0.717) is 19.8 Å². The standard InChI is InChI=1S/C20H25ClN2O2/c21-19-8-4-5-9-20(19)23-12-10-22(11-13-23)14-18(24)16-25-15-17-6-2-1-3-7-17/h1-9,18,24H,10-16H2. The SMILES string of the molecule is OC(COCc1ccccc1)CN1CCN(c2ccccc2Cl)CC1. The van der Waals surface area contributed by atoms with Crippen LogP contribution < -0.4 is 4.90 Å². The third kappa shape index (κ3) is 5.44. The van der Waals surface area contributed by atoms with Gasteiger partial charge in [0.2, 0.25) is 0 Å². The monoisotopic (exact) mass is 360 g/mol. The summed E-state index contributed by atoms with van der Waals surface area (Å²) in [4.78, 5) is 4.58. The zero-order valence-electron chi connectivity index (χ0n) is 14.4. The maximum absolute atomic E-state index is 10.2. The van der Waals surface area contributed by atoms with Gasteiger partial charge in [-0.3, -0.25) is 4.90 Å². The first-order chi connectivity index (χ1) is 12.2. The minimum absolute atomic E-state index is 0.361. The molecule has 1 atom stereocenters. The highest BCUT2D eigenvalue weighted by Gasteiger charge is 2.20. The molecular weight excluding hydrogens is 336 g/mol. The number of halogens is 1. The number of aliphatic hydroxyl groups excluding tert-OH is 1. The number of piperazine rings is 1. The summed E-state index contributed by atoms with van der Waals surface area (Å²) in [6.07, 6.45) is -0.462. The molecule has 0 bridgehead atoms. The van der Waals surface area contributed by atoms with Crippen LogP contribution >= 0.6 is 11.6 Å². The number of hydrogen-bond acceptors (Lipinski definition) is 4. The first kappa shape index (κ1) is 18.2. The van der Waals surface area contributed by atoms with Crippen LogP contribution in [0, 0.1) is 0 Å². The molecule has 1 unspecified atom stereocenters. The summed E-state index contributed by atoms with van der Waals surface area (Å²) in [6.45, 7) is 5.22. The van der Waals surface area contributed by atoms with Gasteiger partial charge >= 0.3 is 0 Å². The lowest BCUT2D eigenvalue weighted by atomic mass is 10.2. The Morgan fingerprint density at radius 1 is 0.960 bits per heavy atom. The number of para-hydroxylation sites is 1. The van der Waals surface area contributed by atoms with Crippen molar-refractivity contribution in [1.29, 1.82) is 0 Å². The second kappa shape index (κ2) is 9.20. The minimum Gasteiger partial charge on any atom is -0.389 e. The molecule has 3 rings (SSSR count). The van der Waals surface area contributed by atoms with E-state index < -0.39 is 6.10 Å². The topological polar surface area (TPSA) is 35.9 Å². The third-order valence-electron chi connectivity index (χ3n) is 4.46. The number of nitrogens with zero attached hydrogens (tertiary/aromatic N) is 2. The molecule has 2 aromatic rings.